The quantitative estimate of drug-likeness (QED) is 0.311. The molecule has 1 aromatic carbocycles. The van der Waals surface area contributed by atoms with Crippen LogP contribution < -0.4 is 4.74 Å². The zero-order chi connectivity index (χ0) is 23.1. The van der Waals surface area contributed by atoms with Gasteiger partial charge in [0, 0.05) is 13.0 Å². The summed E-state index contributed by atoms with van der Waals surface area (Å²) in [6, 6.07) is 5.94. The smallest absolute Gasteiger partial charge is 0.120 e. The first kappa shape index (κ1) is 26.2. The van der Waals surface area contributed by atoms with Crippen molar-refractivity contribution in [2.75, 3.05) is 13.2 Å². The van der Waals surface area contributed by atoms with Crippen LogP contribution in [0.15, 0.2) is 18.2 Å². The van der Waals surface area contributed by atoms with E-state index in [1.54, 1.807) is 13.8 Å². The van der Waals surface area contributed by atoms with Crippen LogP contribution in [0.25, 0.3) is 0 Å². The molecule has 0 aromatic heterocycles. The maximum atomic E-state index is 10.6. The molecule has 0 spiro atoms. The molecule has 0 amide bonds. The predicted molar refractivity (Wildman–Crippen MR) is 128 cm³/mol. The third-order valence-electron chi connectivity index (χ3n) is 6.45. The summed E-state index contributed by atoms with van der Waals surface area (Å²) < 4.78 is 12.3. The summed E-state index contributed by atoms with van der Waals surface area (Å²) >= 11 is 0. The molecule has 178 valence electrons. The number of unbranched alkanes of at least 4 members (excludes halogenated alkanes) is 2. The highest BCUT2D eigenvalue weighted by atomic mass is 16.5. The highest BCUT2D eigenvalue weighted by Gasteiger charge is 2.27. The fourth-order valence-electron chi connectivity index (χ4n) is 3.84. The van der Waals surface area contributed by atoms with Crippen LogP contribution in [-0.2, 0) is 15.9 Å². The van der Waals surface area contributed by atoms with E-state index in [1.807, 2.05) is 25.1 Å². The first-order valence-electron chi connectivity index (χ1n) is 12.3. The van der Waals surface area contributed by atoms with Crippen molar-refractivity contribution in [2.45, 2.75) is 116 Å². The summed E-state index contributed by atoms with van der Waals surface area (Å²) in [4.78, 5) is 0. The molecule has 0 aliphatic heterocycles. The molecule has 2 rings (SSSR count). The minimum absolute atomic E-state index is 0.441. The van der Waals surface area contributed by atoms with Gasteiger partial charge in [0.1, 0.15) is 5.75 Å². The summed E-state index contributed by atoms with van der Waals surface area (Å²) in [5, 5.41) is 21.2. The molecule has 31 heavy (non-hydrogen) atoms. The first-order valence-corrected chi connectivity index (χ1v) is 12.3. The van der Waals surface area contributed by atoms with Crippen LogP contribution in [0.1, 0.15) is 110 Å². The normalized spacial score (nSPS) is 16.9. The second kappa shape index (κ2) is 11.2. The highest BCUT2D eigenvalue weighted by Crippen LogP contribution is 2.35. The summed E-state index contributed by atoms with van der Waals surface area (Å²) in [7, 11) is 0. The van der Waals surface area contributed by atoms with Gasteiger partial charge < -0.3 is 19.7 Å². The molecular weight excluding hydrogens is 388 g/mol. The number of hydrogen-bond acceptors (Lipinski definition) is 4. The van der Waals surface area contributed by atoms with E-state index in [0.29, 0.717) is 18.8 Å². The molecular formula is C27H46O4. The topological polar surface area (TPSA) is 58.9 Å². The zero-order valence-corrected chi connectivity index (χ0v) is 20.8. The van der Waals surface area contributed by atoms with Gasteiger partial charge in [-0.1, -0.05) is 39.0 Å². The second-order valence-corrected chi connectivity index (χ2v) is 10.8. The highest BCUT2D eigenvalue weighted by molar-refractivity contribution is 5.39. The van der Waals surface area contributed by atoms with Gasteiger partial charge in [0.15, 0.2) is 0 Å². The van der Waals surface area contributed by atoms with E-state index < -0.39 is 16.8 Å². The SMILES string of the molecule is CCCCCC(C)(O)CCOc1cc(C(C)(C)O)cc(C(C)(C)OCCCC2CC2)c1. The van der Waals surface area contributed by atoms with Gasteiger partial charge in [-0.05, 0) is 89.1 Å². The minimum Gasteiger partial charge on any atom is -0.493 e. The number of benzene rings is 1. The zero-order valence-electron chi connectivity index (χ0n) is 20.8. The molecule has 1 atom stereocenters. The molecule has 2 N–H and O–H groups in total. The maximum absolute atomic E-state index is 10.6. The summed E-state index contributed by atoms with van der Waals surface area (Å²) in [6.07, 6.45) is 9.81. The third kappa shape index (κ3) is 9.51. The van der Waals surface area contributed by atoms with E-state index in [0.717, 1.165) is 55.8 Å². The van der Waals surface area contributed by atoms with Crippen molar-refractivity contribution >= 4 is 0 Å². The van der Waals surface area contributed by atoms with Gasteiger partial charge in [-0.2, -0.15) is 0 Å². The van der Waals surface area contributed by atoms with E-state index in [2.05, 4.69) is 20.8 Å². The average molecular weight is 435 g/mol. The standard InChI is InChI=1S/C27H46O4/c1-7-8-9-14-27(6,29)15-17-30-24-19-22(25(2,3)28)18-23(20-24)26(4,5)31-16-10-11-21-12-13-21/h18-21,28-29H,7-17H2,1-6H3. The summed E-state index contributed by atoms with van der Waals surface area (Å²) in [6.45, 7) is 13.0. The lowest BCUT2D eigenvalue weighted by atomic mass is 9.90. The largest absolute Gasteiger partial charge is 0.493 e. The van der Waals surface area contributed by atoms with Crippen molar-refractivity contribution in [3.05, 3.63) is 29.3 Å². The van der Waals surface area contributed by atoms with Crippen LogP contribution in [0.2, 0.25) is 0 Å². The van der Waals surface area contributed by atoms with Gasteiger partial charge in [-0.15, -0.1) is 0 Å². The fraction of sp³-hybridized carbons (Fsp3) is 0.778. The monoisotopic (exact) mass is 434 g/mol. The molecule has 1 aliphatic rings. The summed E-state index contributed by atoms with van der Waals surface area (Å²) in [5.74, 6) is 1.64. The molecule has 0 bridgehead atoms. The van der Waals surface area contributed by atoms with Crippen molar-refractivity contribution in [1.82, 2.24) is 0 Å². The molecule has 1 aromatic rings. The van der Waals surface area contributed by atoms with Crippen LogP contribution in [-0.4, -0.2) is 29.0 Å². The van der Waals surface area contributed by atoms with Crippen LogP contribution >= 0.6 is 0 Å². The van der Waals surface area contributed by atoms with Gasteiger partial charge in [0.2, 0.25) is 0 Å². The van der Waals surface area contributed by atoms with Crippen molar-refractivity contribution < 1.29 is 19.7 Å². The Morgan fingerprint density at radius 2 is 1.55 bits per heavy atom. The van der Waals surface area contributed by atoms with Crippen molar-refractivity contribution in [1.29, 1.82) is 0 Å². The van der Waals surface area contributed by atoms with E-state index in [9.17, 15) is 10.2 Å². The van der Waals surface area contributed by atoms with Gasteiger partial charge >= 0.3 is 0 Å². The van der Waals surface area contributed by atoms with Crippen LogP contribution in [0.3, 0.4) is 0 Å². The van der Waals surface area contributed by atoms with Gasteiger partial charge in [-0.3, -0.25) is 0 Å². The molecule has 1 saturated carbocycles. The van der Waals surface area contributed by atoms with Gasteiger partial charge in [0.05, 0.1) is 23.4 Å². The van der Waals surface area contributed by atoms with E-state index in [1.165, 1.54) is 19.3 Å². The molecule has 0 saturated heterocycles. The van der Waals surface area contributed by atoms with Gasteiger partial charge in [0.25, 0.3) is 0 Å². The Kier molecular flexibility index (Phi) is 9.41. The second-order valence-electron chi connectivity index (χ2n) is 10.8. The molecule has 4 nitrogen and oxygen atoms in total. The van der Waals surface area contributed by atoms with Crippen LogP contribution in [0, 0.1) is 5.92 Å². The first-order chi connectivity index (χ1) is 14.4. The molecule has 1 unspecified atom stereocenters. The lowest BCUT2D eigenvalue weighted by molar-refractivity contribution is -0.0242. The van der Waals surface area contributed by atoms with E-state index >= 15 is 0 Å². The number of ether oxygens (including phenoxy) is 2. The van der Waals surface area contributed by atoms with Crippen molar-refractivity contribution in [3.8, 4) is 5.75 Å². The van der Waals surface area contributed by atoms with E-state index in [4.69, 9.17) is 9.47 Å². The molecule has 1 aliphatic carbocycles. The minimum atomic E-state index is -0.970. The molecule has 0 radical (unpaired) electrons. The van der Waals surface area contributed by atoms with Crippen LogP contribution in [0.5, 0.6) is 5.75 Å². The number of hydrogen-bond donors (Lipinski definition) is 2. The third-order valence-corrected chi connectivity index (χ3v) is 6.45. The Bertz CT molecular complexity index is 668. The molecule has 1 fully saturated rings. The van der Waals surface area contributed by atoms with Crippen molar-refractivity contribution in [3.63, 3.8) is 0 Å². The maximum Gasteiger partial charge on any atom is 0.120 e. The van der Waals surface area contributed by atoms with E-state index in [-0.39, 0.29) is 0 Å². The van der Waals surface area contributed by atoms with Gasteiger partial charge in [-0.25, -0.2) is 0 Å². The Morgan fingerprint density at radius 1 is 0.871 bits per heavy atom. The molecule has 0 heterocycles. The number of rotatable bonds is 15. The predicted octanol–water partition coefficient (Wildman–Crippen LogP) is 6.46. The Labute approximate surface area is 190 Å². The average Bonchev–Trinajstić information content (AvgIpc) is 3.49. The van der Waals surface area contributed by atoms with Crippen LogP contribution in [0.4, 0.5) is 0 Å². The summed E-state index contributed by atoms with van der Waals surface area (Å²) in [5.41, 5.74) is -0.334. The lowest BCUT2D eigenvalue weighted by Crippen LogP contribution is -2.27. The fourth-order valence-corrected chi connectivity index (χ4v) is 3.84. The number of aliphatic hydroxyl groups is 2. The Morgan fingerprint density at radius 3 is 2.16 bits per heavy atom. The molecule has 4 heteroatoms. The Balaban J connectivity index is 2.02. The van der Waals surface area contributed by atoms with Crippen molar-refractivity contribution in [2.24, 2.45) is 5.92 Å². The Hall–Kier alpha value is -1.10. The lowest BCUT2D eigenvalue weighted by Gasteiger charge is -2.29.